The van der Waals surface area contributed by atoms with E-state index >= 15 is 0 Å². The zero-order chi connectivity index (χ0) is 24.2. The summed E-state index contributed by atoms with van der Waals surface area (Å²) in [4.78, 5) is 6.28. The molecule has 0 amide bonds. The Labute approximate surface area is 213 Å². The molecule has 0 saturated carbocycles. The van der Waals surface area contributed by atoms with Crippen LogP contribution in [0.4, 0.5) is 0 Å². The minimum absolute atomic E-state index is 0.892. The lowest BCUT2D eigenvalue weighted by Crippen LogP contribution is -1.87. The van der Waals surface area contributed by atoms with Crippen LogP contribution in [0.5, 0.6) is 0 Å². The number of benzene rings is 4. The fourth-order valence-corrected chi connectivity index (χ4v) is 6.24. The van der Waals surface area contributed by atoms with E-state index in [1.165, 1.54) is 37.4 Å². The van der Waals surface area contributed by atoms with Crippen LogP contribution in [0.15, 0.2) is 108 Å². The highest BCUT2D eigenvalue weighted by Crippen LogP contribution is 2.38. The summed E-state index contributed by atoms with van der Waals surface area (Å²) in [6, 6.07) is 36.4. The van der Waals surface area contributed by atoms with Crippen LogP contribution >= 0.6 is 11.3 Å². The van der Waals surface area contributed by atoms with Crippen LogP contribution in [0.3, 0.4) is 0 Å². The molecule has 0 aliphatic carbocycles. The third-order valence-electron chi connectivity index (χ3n) is 6.99. The number of thiophene rings is 1. The van der Waals surface area contributed by atoms with Gasteiger partial charge in [-0.3, -0.25) is 0 Å². The van der Waals surface area contributed by atoms with Crippen LogP contribution in [-0.2, 0) is 0 Å². The summed E-state index contributed by atoms with van der Waals surface area (Å²) in [7, 11) is 0. The van der Waals surface area contributed by atoms with Crippen molar-refractivity contribution in [1.82, 2.24) is 4.98 Å². The average Bonchev–Trinajstić information content (AvgIpc) is 3.50. The molecule has 3 heterocycles. The van der Waals surface area contributed by atoms with Crippen LogP contribution < -0.4 is 0 Å². The van der Waals surface area contributed by atoms with Gasteiger partial charge in [0.05, 0.1) is 15.9 Å². The van der Waals surface area contributed by atoms with Gasteiger partial charge < -0.3 is 4.42 Å². The number of hydrogen-bond donors (Lipinski definition) is 0. The van der Waals surface area contributed by atoms with Crippen LogP contribution in [0.2, 0.25) is 0 Å². The molecule has 7 aromatic rings. The standard InChI is InChI=1S/C33H23NOS/c1-20-7-5-8-21(2)32(20)23-15-13-22(14-16-23)31-19-28-30(36-31)18-17-27(34-28)26-11-6-10-25-24-9-3-4-12-29(24)35-33(25)26/h3-19H,1-2H3. The van der Waals surface area contributed by atoms with E-state index in [0.717, 1.165) is 38.7 Å². The predicted octanol–water partition coefficient (Wildman–Crippen LogP) is 9.81. The molecule has 0 spiro atoms. The summed E-state index contributed by atoms with van der Waals surface area (Å²) >= 11 is 1.78. The lowest BCUT2D eigenvalue weighted by molar-refractivity contribution is 0.670. The number of aryl methyl sites for hydroxylation is 2. The molecule has 0 saturated heterocycles. The first-order valence-corrected chi connectivity index (χ1v) is 13.0. The minimum atomic E-state index is 0.892. The average molecular weight is 482 g/mol. The predicted molar refractivity (Wildman–Crippen MR) is 153 cm³/mol. The maximum absolute atomic E-state index is 6.25. The van der Waals surface area contributed by atoms with Gasteiger partial charge in [-0.15, -0.1) is 11.3 Å². The number of hydrogen-bond acceptors (Lipinski definition) is 3. The smallest absolute Gasteiger partial charge is 0.144 e. The summed E-state index contributed by atoms with van der Waals surface area (Å²) in [5.74, 6) is 0. The quantitative estimate of drug-likeness (QED) is 0.251. The van der Waals surface area contributed by atoms with E-state index in [9.17, 15) is 0 Å². The lowest BCUT2D eigenvalue weighted by atomic mass is 9.95. The lowest BCUT2D eigenvalue weighted by Gasteiger charge is -2.10. The zero-order valence-corrected chi connectivity index (χ0v) is 20.9. The first-order chi connectivity index (χ1) is 17.7. The van der Waals surface area contributed by atoms with Crippen LogP contribution in [0.1, 0.15) is 11.1 Å². The Bertz CT molecular complexity index is 1890. The molecule has 4 aromatic carbocycles. The number of furan rings is 1. The molecule has 3 aromatic heterocycles. The maximum Gasteiger partial charge on any atom is 0.144 e. The summed E-state index contributed by atoms with van der Waals surface area (Å²) in [5, 5.41) is 2.26. The Hall–Kier alpha value is -4.21. The van der Waals surface area contributed by atoms with Crippen LogP contribution in [-0.4, -0.2) is 4.98 Å². The third kappa shape index (κ3) is 3.35. The van der Waals surface area contributed by atoms with Crippen molar-refractivity contribution in [2.75, 3.05) is 0 Å². The van der Waals surface area contributed by atoms with E-state index in [-0.39, 0.29) is 0 Å². The van der Waals surface area contributed by atoms with Gasteiger partial charge in [-0.25, -0.2) is 4.98 Å². The van der Waals surface area contributed by atoms with Crippen LogP contribution in [0.25, 0.3) is 65.0 Å². The summed E-state index contributed by atoms with van der Waals surface area (Å²) in [6.45, 7) is 4.36. The van der Waals surface area contributed by atoms with Gasteiger partial charge >= 0.3 is 0 Å². The summed E-state index contributed by atoms with van der Waals surface area (Å²) in [5.41, 5.74) is 11.2. The first kappa shape index (κ1) is 21.1. The van der Waals surface area contributed by atoms with Crippen molar-refractivity contribution in [1.29, 1.82) is 0 Å². The fourth-order valence-electron chi connectivity index (χ4n) is 5.24. The highest BCUT2D eigenvalue weighted by molar-refractivity contribution is 7.22. The van der Waals surface area contributed by atoms with Crippen molar-refractivity contribution in [2.45, 2.75) is 13.8 Å². The van der Waals surface area contributed by atoms with Gasteiger partial charge in [-0.1, -0.05) is 72.8 Å². The first-order valence-electron chi connectivity index (χ1n) is 12.1. The van der Waals surface area contributed by atoms with E-state index in [1.807, 2.05) is 12.1 Å². The molecule has 0 bridgehead atoms. The van der Waals surface area contributed by atoms with E-state index < -0.39 is 0 Å². The molecule has 0 unspecified atom stereocenters. The summed E-state index contributed by atoms with van der Waals surface area (Å²) in [6.07, 6.45) is 0. The van der Waals surface area contributed by atoms with Crippen molar-refractivity contribution in [3.05, 3.63) is 114 Å². The molecule has 2 nitrogen and oxygen atoms in total. The molecule has 3 heteroatoms. The number of para-hydroxylation sites is 2. The van der Waals surface area contributed by atoms with Crippen molar-refractivity contribution in [3.8, 4) is 32.8 Å². The molecular formula is C33H23NOS. The third-order valence-corrected chi connectivity index (χ3v) is 8.13. The molecule has 0 atom stereocenters. The van der Waals surface area contributed by atoms with Crippen molar-refractivity contribution in [3.63, 3.8) is 0 Å². The normalized spacial score (nSPS) is 11.6. The maximum atomic E-state index is 6.25. The number of pyridine rings is 1. The number of aromatic nitrogens is 1. The van der Waals surface area contributed by atoms with E-state index in [4.69, 9.17) is 9.40 Å². The molecule has 172 valence electrons. The van der Waals surface area contributed by atoms with Gasteiger partial charge in [0, 0.05) is 21.2 Å². The van der Waals surface area contributed by atoms with Crippen molar-refractivity contribution >= 4 is 43.5 Å². The topological polar surface area (TPSA) is 26.0 Å². The molecule has 0 aliphatic heterocycles. The Morgan fingerprint density at radius 1 is 0.667 bits per heavy atom. The van der Waals surface area contributed by atoms with E-state index in [2.05, 4.69) is 105 Å². The Balaban J connectivity index is 1.28. The van der Waals surface area contributed by atoms with Gasteiger partial charge in [0.15, 0.2) is 0 Å². The monoisotopic (exact) mass is 481 g/mol. The SMILES string of the molecule is Cc1cccc(C)c1-c1ccc(-c2cc3nc(-c4cccc5c4oc4ccccc45)ccc3s2)cc1. The van der Waals surface area contributed by atoms with Crippen molar-refractivity contribution in [2.24, 2.45) is 0 Å². The fraction of sp³-hybridized carbons (Fsp3) is 0.0606. The molecule has 7 rings (SSSR count). The Kier molecular flexibility index (Phi) is 4.80. The number of rotatable bonds is 3. The van der Waals surface area contributed by atoms with Gasteiger partial charge in [0.2, 0.25) is 0 Å². The molecule has 0 fully saturated rings. The highest BCUT2D eigenvalue weighted by atomic mass is 32.1. The number of nitrogens with zero attached hydrogens (tertiary/aromatic N) is 1. The van der Waals surface area contributed by atoms with Gasteiger partial charge in [-0.2, -0.15) is 0 Å². The molecular weight excluding hydrogens is 458 g/mol. The Morgan fingerprint density at radius 2 is 1.39 bits per heavy atom. The van der Waals surface area contributed by atoms with Gasteiger partial charge in [0.25, 0.3) is 0 Å². The second kappa shape index (κ2) is 8.18. The van der Waals surface area contributed by atoms with Gasteiger partial charge in [-0.05, 0) is 72.0 Å². The molecule has 36 heavy (non-hydrogen) atoms. The highest BCUT2D eigenvalue weighted by Gasteiger charge is 2.14. The van der Waals surface area contributed by atoms with Crippen LogP contribution in [0, 0.1) is 13.8 Å². The van der Waals surface area contributed by atoms with E-state index in [1.54, 1.807) is 11.3 Å². The molecule has 0 aliphatic rings. The molecule has 0 radical (unpaired) electrons. The zero-order valence-electron chi connectivity index (χ0n) is 20.1. The largest absolute Gasteiger partial charge is 0.455 e. The summed E-state index contributed by atoms with van der Waals surface area (Å²) < 4.78 is 7.44. The minimum Gasteiger partial charge on any atom is -0.455 e. The van der Waals surface area contributed by atoms with Gasteiger partial charge in [0.1, 0.15) is 11.2 Å². The molecule has 0 N–H and O–H groups in total. The second-order valence-corrected chi connectivity index (χ2v) is 10.4. The Morgan fingerprint density at radius 3 is 2.22 bits per heavy atom. The van der Waals surface area contributed by atoms with E-state index in [0.29, 0.717) is 0 Å². The van der Waals surface area contributed by atoms with Crippen molar-refractivity contribution < 1.29 is 4.42 Å². The number of fused-ring (bicyclic) bond motifs is 4. The second-order valence-electron chi connectivity index (χ2n) is 9.32.